The van der Waals surface area contributed by atoms with Crippen molar-refractivity contribution in [3.63, 3.8) is 0 Å². The number of nitrogens with zero attached hydrogens (tertiary/aromatic N) is 1. The third kappa shape index (κ3) is 6.05. The topological polar surface area (TPSA) is 76.4 Å². The summed E-state index contributed by atoms with van der Waals surface area (Å²) in [5.74, 6) is 1.49. The second-order valence-corrected chi connectivity index (χ2v) is 8.82. The molecule has 3 aromatic carbocycles. The van der Waals surface area contributed by atoms with Gasteiger partial charge in [0, 0.05) is 16.8 Å². The number of fused-ring (bicyclic) bond motifs is 1. The first-order chi connectivity index (χ1) is 17.0. The van der Waals surface area contributed by atoms with Gasteiger partial charge in [0.15, 0.2) is 10.7 Å². The predicted molar refractivity (Wildman–Crippen MR) is 144 cm³/mol. The molecule has 0 saturated heterocycles. The Labute approximate surface area is 210 Å². The van der Waals surface area contributed by atoms with Gasteiger partial charge in [0.1, 0.15) is 11.3 Å². The highest BCUT2D eigenvalue weighted by molar-refractivity contribution is 7.80. The lowest BCUT2D eigenvalue weighted by Crippen LogP contribution is -2.34. The summed E-state index contributed by atoms with van der Waals surface area (Å²) in [7, 11) is 0. The van der Waals surface area contributed by atoms with E-state index in [1.807, 2.05) is 37.3 Å². The minimum atomic E-state index is -0.288. The number of rotatable bonds is 8. The number of hydrogen-bond donors (Lipinski definition) is 2. The van der Waals surface area contributed by atoms with Crippen LogP contribution in [0.2, 0.25) is 0 Å². The van der Waals surface area contributed by atoms with Crippen molar-refractivity contribution in [2.45, 2.75) is 39.5 Å². The van der Waals surface area contributed by atoms with E-state index in [0.717, 1.165) is 40.9 Å². The molecule has 1 atom stereocenters. The predicted octanol–water partition coefficient (Wildman–Crippen LogP) is 6.92. The second kappa shape index (κ2) is 11.1. The van der Waals surface area contributed by atoms with Crippen molar-refractivity contribution in [3.05, 3.63) is 77.9 Å². The Morgan fingerprint density at radius 2 is 1.80 bits per heavy atom. The summed E-state index contributed by atoms with van der Waals surface area (Å²) >= 11 is 5.31. The van der Waals surface area contributed by atoms with Crippen LogP contribution in [-0.2, 0) is 0 Å². The summed E-state index contributed by atoms with van der Waals surface area (Å²) in [6.45, 7) is 7.07. The maximum absolute atomic E-state index is 12.5. The van der Waals surface area contributed by atoms with Gasteiger partial charge in [-0.3, -0.25) is 10.1 Å². The molecular formula is C28H29N3O3S. The van der Waals surface area contributed by atoms with E-state index in [9.17, 15) is 4.79 Å². The van der Waals surface area contributed by atoms with Gasteiger partial charge in [0.2, 0.25) is 5.89 Å². The van der Waals surface area contributed by atoms with Crippen LogP contribution in [0, 0.1) is 0 Å². The summed E-state index contributed by atoms with van der Waals surface area (Å²) < 4.78 is 11.5. The lowest BCUT2D eigenvalue weighted by atomic mass is 9.98. The minimum absolute atomic E-state index is 0.216. The molecule has 1 aromatic heterocycles. The maximum Gasteiger partial charge on any atom is 0.257 e. The van der Waals surface area contributed by atoms with Gasteiger partial charge in [0.25, 0.3) is 5.91 Å². The summed E-state index contributed by atoms with van der Waals surface area (Å²) in [4.78, 5) is 17.1. The fraction of sp³-hybridized carbons (Fsp3) is 0.250. The molecule has 1 amide bonds. The molecule has 0 aliphatic heterocycles. The largest absolute Gasteiger partial charge is 0.494 e. The second-order valence-electron chi connectivity index (χ2n) is 8.41. The van der Waals surface area contributed by atoms with Crippen molar-refractivity contribution in [2.24, 2.45) is 0 Å². The highest BCUT2D eigenvalue weighted by Gasteiger charge is 2.12. The molecule has 6 nitrogen and oxygen atoms in total. The first-order valence-electron chi connectivity index (χ1n) is 11.8. The monoisotopic (exact) mass is 487 g/mol. The summed E-state index contributed by atoms with van der Waals surface area (Å²) in [5.41, 5.74) is 4.99. The molecule has 0 saturated carbocycles. The number of thiocarbonyl (C=S) groups is 1. The number of ether oxygens (including phenoxy) is 1. The van der Waals surface area contributed by atoms with Crippen LogP contribution in [0.1, 0.15) is 55.5 Å². The van der Waals surface area contributed by atoms with E-state index in [1.165, 1.54) is 5.56 Å². The Morgan fingerprint density at radius 3 is 2.49 bits per heavy atom. The Bertz CT molecular complexity index is 1310. The average Bonchev–Trinajstić information content (AvgIpc) is 3.31. The van der Waals surface area contributed by atoms with Gasteiger partial charge in [-0.1, -0.05) is 26.8 Å². The lowest BCUT2D eigenvalue weighted by Gasteiger charge is -2.10. The molecule has 0 fully saturated rings. The first kappa shape index (κ1) is 24.4. The van der Waals surface area contributed by atoms with Crippen molar-refractivity contribution in [2.75, 3.05) is 11.9 Å². The number of benzene rings is 3. The fourth-order valence-corrected chi connectivity index (χ4v) is 3.78. The quantitative estimate of drug-likeness (QED) is 0.263. The molecule has 0 aliphatic rings. The molecule has 2 N–H and O–H groups in total. The first-order valence-corrected chi connectivity index (χ1v) is 12.2. The number of carbonyl (C=O) groups excluding carboxylic acids is 1. The molecule has 0 aliphatic carbocycles. The van der Waals surface area contributed by atoms with Gasteiger partial charge in [-0.15, -0.1) is 0 Å². The van der Waals surface area contributed by atoms with E-state index in [0.29, 0.717) is 24.0 Å². The third-order valence-corrected chi connectivity index (χ3v) is 6.00. The maximum atomic E-state index is 12.5. The van der Waals surface area contributed by atoms with Crippen molar-refractivity contribution in [1.29, 1.82) is 0 Å². The Morgan fingerprint density at radius 1 is 1.06 bits per heavy atom. The summed E-state index contributed by atoms with van der Waals surface area (Å²) in [6.07, 6.45) is 2.00. The summed E-state index contributed by atoms with van der Waals surface area (Å²) in [6, 6.07) is 20.7. The van der Waals surface area contributed by atoms with Crippen LogP contribution in [0.3, 0.4) is 0 Å². The van der Waals surface area contributed by atoms with Crippen molar-refractivity contribution in [1.82, 2.24) is 10.3 Å². The zero-order valence-electron chi connectivity index (χ0n) is 20.1. The highest BCUT2D eigenvalue weighted by atomic mass is 32.1. The zero-order valence-corrected chi connectivity index (χ0v) is 20.9. The average molecular weight is 488 g/mol. The van der Waals surface area contributed by atoms with E-state index < -0.39 is 0 Å². The normalized spacial score (nSPS) is 11.7. The van der Waals surface area contributed by atoms with Crippen molar-refractivity contribution < 1.29 is 13.9 Å². The molecular weight excluding hydrogens is 458 g/mol. The SMILES string of the molecule is CCCOc1ccc(C(=O)NC(=S)Nc2ccc(-c3nc4cc([C@H](C)CC)ccc4o3)cc2)cc1. The molecule has 0 unspecified atom stereocenters. The van der Waals surface area contributed by atoms with E-state index in [-0.39, 0.29) is 11.0 Å². The van der Waals surface area contributed by atoms with E-state index >= 15 is 0 Å². The van der Waals surface area contributed by atoms with Crippen molar-refractivity contribution >= 4 is 40.0 Å². The van der Waals surface area contributed by atoms with Crippen LogP contribution in [0.5, 0.6) is 5.75 Å². The number of anilines is 1. The highest BCUT2D eigenvalue weighted by Crippen LogP contribution is 2.28. The van der Waals surface area contributed by atoms with Gasteiger partial charge in [0.05, 0.1) is 6.61 Å². The molecule has 1 heterocycles. The number of hydrogen-bond acceptors (Lipinski definition) is 5. The number of amides is 1. The standard InChI is InChI=1S/C28H29N3O3S/c1-4-16-33-23-13-8-19(9-14-23)26(32)31-28(35)29-22-11-6-20(7-12-22)27-30-24-17-21(18(3)5-2)10-15-25(24)34-27/h6-15,17-18H,4-5,16H2,1-3H3,(H2,29,31,32,35)/t18-/m1/s1. The molecule has 0 bridgehead atoms. The molecule has 4 rings (SSSR count). The molecule has 4 aromatic rings. The molecule has 0 radical (unpaired) electrons. The van der Waals surface area contributed by atoms with Crippen LogP contribution in [0.4, 0.5) is 5.69 Å². The number of nitrogens with one attached hydrogen (secondary N) is 2. The zero-order chi connectivity index (χ0) is 24.8. The molecule has 7 heteroatoms. The van der Waals surface area contributed by atoms with E-state index in [2.05, 4.69) is 41.6 Å². The Kier molecular flexibility index (Phi) is 7.77. The molecule has 35 heavy (non-hydrogen) atoms. The van der Waals surface area contributed by atoms with Crippen LogP contribution >= 0.6 is 12.2 Å². The number of aromatic nitrogens is 1. The smallest absolute Gasteiger partial charge is 0.257 e. The Hall–Kier alpha value is -3.71. The van der Waals surface area contributed by atoms with Crippen LogP contribution in [0.15, 0.2) is 71.1 Å². The summed E-state index contributed by atoms with van der Waals surface area (Å²) in [5, 5.41) is 5.95. The number of oxazole rings is 1. The van der Waals surface area contributed by atoms with Gasteiger partial charge >= 0.3 is 0 Å². The van der Waals surface area contributed by atoms with Gasteiger partial charge in [-0.2, -0.15) is 0 Å². The lowest BCUT2D eigenvalue weighted by molar-refractivity contribution is 0.0977. The van der Waals surface area contributed by atoms with Crippen LogP contribution in [-0.4, -0.2) is 22.6 Å². The van der Waals surface area contributed by atoms with Gasteiger partial charge < -0.3 is 14.5 Å². The minimum Gasteiger partial charge on any atom is -0.494 e. The van der Waals surface area contributed by atoms with Crippen molar-refractivity contribution in [3.8, 4) is 17.2 Å². The van der Waals surface area contributed by atoms with Gasteiger partial charge in [-0.05, 0) is 97.2 Å². The van der Waals surface area contributed by atoms with Gasteiger partial charge in [-0.25, -0.2) is 4.98 Å². The van der Waals surface area contributed by atoms with Crippen LogP contribution < -0.4 is 15.4 Å². The van der Waals surface area contributed by atoms with E-state index in [4.69, 9.17) is 21.4 Å². The number of carbonyl (C=O) groups is 1. The third-order valence-electron chi connectivity index (χ3n) is 5.80. The fourth-order valence-electron chi connectivity index (χ4n) is 3.57. The molecule has 180 valence electrons. The molecule has 0 spiro atoms. The van der Waals surface area contributed by atoms with E-state index in [1.54, 1.807) is 24.3 Å². The Balaban J connectivity index is 1.37. The van der Waals surface area contributed by atoms with Crippen LogP contribution in [0.25, 0.3) is 22.6 Å².